The number of nitrogens with one attached hydrogen (secondary N) is 1. The summed E-state index contributed by atoms with van der Waals surface area (Å²) >= 11 is 0. The van der Waals surface area contributed by atoms with E-state index in [0.29, 0.717) is 18.2 Å². The summed E-state index contributed by atoms with van der Waals surface area (Å²) in [6.07, 6.45) is 5.72. The van der Waals surface area contributed by atoms with Crippen molar-refractivity contribution >= 4 is 11.5 Å². The number of aliphatic hydroxyl groups is 1. The second-order valence-electron chi connectivity index (χ2n) is 5.25. The van der Waals surface area contributed by atoms with Crippen molar-refractivity contribution in [1.82, 2.24) is 4.98 Å². The molecule has 1 aliphatic carbocycles. The number of nitrogen functional groups attached to an aromatic ring is 1. The van der Waals surface area contributed by atoms with E-state index in [4.69, 9.17) is 5.73 Å². The first-order chi connectivity index (χ1) is 8.07. The van der Waals surface area contributed by atoms with Gasteiger partial charge >= 0.3 is 0 Å². The molecule has 1 aliphatic rings. The molecular formula is C13H21N3O. The number of anilines is 2. The molecule has 2 unspecified atom stereocenters. The average Bonchev–Trinajstić information content (AvgIpc) is 2.26. The summed E-state index contributed by atoms with van der Waals surface area (Å²) in [5.41, 5.74) is 5.77. The van der Waals surface area contributed by atoms with Gasteiger partial charge in [0.15, 0.2) is 0 Å². The van der Waals surface area contributed by atoms with Gasteiger partial charge in [0, 0.05) is 24.5 Å². The number of rotatable bonds is 3. The van der Waals surface area contributed by atoms with Crippen molar-refractivity contribution in [3.8, 4) is 0 Å². The van der Waals surface area contributed by atoms with Gasteiger partial charge in [-0.1, -0.05) is 19.8 Å². The SMILES string of the molecule is CC1CCCC(O)(CNc2cc(N)ccn2)C1. The molecule has 17 heavy (non-hydrogen) atoms. The van der Waals surface area contributed by atoms with Crippen molar-refractivity contribution in [3.05, 3.63) is 18.3 Å². The molecule has 0 aliphatic heterocycles. The summed E-state index contributed by atoms with van der Waals surface area (Å²) < 4.78 is 0. The van der Waals surface area contributed by atoms with E-state index >= 15 is 0 Å². The summed E-state index contributed by atoms with van der Waals surface area (Å²) in [6.45, 7) is 2.75. The van der Waals surface area contributed by atoms with Crippen LogP contribution in [0.25, 0.3) is 0 Å². The third-order valence-corrected chi connectivity index (χ3v) is 3.45. The number of aromatic nitrogens is 1. The lowest BCUT2D eigenvalue weighted by Crippen LogP contribution is -2.41. The lowest BCUT2D eigenvalue weighted by Gasteiger charge is -2.35. The summed E-state index contributed by atoms with van der Waals surface area (Å²) in [7, 11) is 0. The lowest BCUT2D eigenvalue weighted by atomic mass is 9.79. The van der Waals surface area contributed by atoms with Gasteiger partial charge in [-0.05, 0) is 24.8 Å². The smallest absolute Gasteiger partial charge is 0.128 e. The number of hydrogen-bond donors (Lipinski definition) is 3. The molecule has 0 radical (unpaired) electrons. The number of hydrogen-bond acceptors (Lipinski definition) is 4. The van der Waals surface area contributed by atoms with E-state index in [9.17, 15) is 5.11 Å². The normalized spacial score (nSPS) is 28.9. The monoisotopic (exact) mass is 235 g/mol. The minimum atomic E-state index is -0.593. The number of nitrogens with zero attached hydrogens (tertiary/aromatic N) is 1. The topological polar surface area (TPSA) is 71.2 Å². The third kappa shape index (κ3) is 3.33. The zero-order valence-corrected chi connectivity index (χ0v) is 10.3. The van der Waals surface area contributed by atoms with Crippen LogP contribution in [0.1, 0.15) is 32.6 Å². The molecule has 4 heteroatoms. The Morgan fingerprint density at radius 1 is 1.65 bits per heavy atom. The second-order valence-corrected chi connectivity index (χ2v) is 5.25. The molecule has 2 atom stereocenters. The number of pyridine rings is 1. The van der Waals surface area contributed by atoms with Crippen molar-refractivity contribution in [1.29, 1.82) is 0 Å². The van der Waals surface area contributed by atoms with Crippen LogP contribution in [0.2, 0.25) is 0 Å². The van der Waals surface area contributed by atoms with Gasteiger partial charge in [0.05, 0.1) is 5.60 Å². The zero-order chi connectivity index (χ0) is 12.3. The fourth-order valence-corrected chi connectivity index (χ4v) is 2.59. The predicted molar refractivity (Wildman–Crippen MR) is 69.7 cm³/mol. The molecule has 2 rings (SSSR count). The average molecular weight is 235 g/mol. The van der Waals surface area contributed by atoms with Crippen LogP contribution in [0.3, 0.4) is 0 Å². The Bertz CT molecular complexity index is 383. The highest BCUT2D eigenvalue weighted by Gasteiger charge is 2.32. The predicted octanol–water partition coefficient (Wildman–Crippen LogP) is 2.02. The first-order valence-corrected chi connectivity index (χ1v) is 6.25. The van der Waals surface area contributed by atoms with Crippen LogP contribution < -0.4 is 11.1 Å². The molecule has 94 valence electrons. The Morgan fingerprint density at radius 2 is 2.47 bits per heavy atom. The van der Waals surface area contributed by atoms with Gasteiger partial charge in [-0.2, -0.15) is 0 Å². The van der Waals surface area contributed by atoms with Crippen molar-refractivity contribution in [2.24, 2.45) is 5.92 Å². The van der Waals surface area contributed by atoms with Crippen LogP contribution in [-0.2, 0) is 0 Å². The second kappa shape index (κ2) is 4.92. The van der Waals surface area contributed by atoms with Crippen LogP contribution >= 0.6 is 0 Å². The first kappa shape index (κ1) is 12.2. The van der Waals surface area contributed by atoms with Gasteiger partial charge in [-0.3, -0.25) is 0 Å². The third-order valence-electron chi connectivity index (χ3n) is 3.45. The van der Waals surface area contributed by atoms with Gasteiger partial charge in [-0.25, -0.2) is 4.98 Å². The Hall–Kier alpha value is -1.29. The molecule has 4 nitrogen and oxygen atoms in total. The molecule has 1 heterocycles. The maximum Gasteiger partial charge on any atom is 0.128 e. The molecule has 1 fully saturated rings. The van der Waals surface area contributed by atoms with E-state index in [1.807, 2.05) is 0 Å². The minimum Gasteiger partial charge on any atom is -0.399 e. The van der Waals surface area contributed by atoms with Crippen molar-refractivity contribution in [2.45, 2.75) is 38.2 Å². The largest absolute Gasteiger partial charge is 0.399 e. The van der Waals surface area contributed by atoms with Crippen LogP contribution in [-0.4, -0.2) is 22.2 Å². The highest BCUT2D eigenvalue weighted by atomic mass is 16.3. The quantitative estimate of drug-likeness (QED) is 0.749. The maximum atomic E-state index is 10.5. The lowest BCUT2D eigenvalue weighted by molar-refractivity contribution is -0.000825. The van der Waals surface area contributed by atoms with Gasteiger partial charge in [0.2, 0.25) is 0 Å². The maximum absolute atomic E-state index is 10.5. The van der Waals surface area contributed by atoms with Gasteiger partial charge in [0.25, 0.3) is 0 Å². The van der Waals surface area contributed by atoms with Crippen molar-refractivity contribution in [3.63, 3.8) is 0 Å². The van der Waals surface area contributed by atoms with E-state index in [2.05, 4.69) is 17.2 Å². The molecule has 1 aromatic rings. The fraction of sp³-hybridized carbons (Fsp3) is 0.615. The first-order valence-electron chi connectivity index (χ1n) is 6.25. The molecule has 1 saturated carbocycles. The molecule has 0 spiro atoms. The summed E-state index contributed by atoms with van der Waals surface area (Å²) in [4.78, 5) is 4.17. The molecule has 1 aromatic heterocycles. The zero-order valence-electron chi connectivity index (χ0n) is 10.3. The number of nitrogens with two attached hydrogens (primary N) is 1. The van der Waals surface area contributed by atoms with Crippen LogP contribution in [0.4, 0.5) is 11.5 Å². The Morgan fingerprint density at radius 3 is 3.18 bits per heavy atom. The van der Waals surface area contributed by atoms with Crippen molar-refractivity contribution in [2.75, 3.05) is 17.6 Å². The molecule has 0 bridgehead atoms. The van der Waals surface area contributed by atoms with Crippen LogP contribution in [0.5, 0.6) is 0 Å². The Labute approximate surface area is 102 Å². The standard InChI is InChI=1S/C13H21N3O/c1-10-3-2-5-13(17,8-10)9-16-12-7-11(14)4-6-15-12/h4,6-7,10,17H,2-3,5,8-9H2,1H3,(H3,14,15,16). The highest BCUT2D eigenvalue weighted by Crippen LogP contribution is 2.32. The van der Waals surface area contributed by atoms with Gasteiger partial charge in [0.1, 0.15) is 5.82 Å². The van der Waals surface area contributed by atoms with E-state index in [1.54, 1.807) is 18.3 Å². The molecule has 0 aromatic carbocycles. The van der Waals surface area contributed by atoms with E-state index < -0.39 is 5.60 Å². The van der Waals surface area contributed by atoms with Gasteiger partial charge < -0.3 is 16.2 Å². The summed E-state index contributed by atoms with van der Waals surface area (Å²) in [5, 5.41) is 13.6. The summed E-state index contributed by atoms with van der Waals surface area (Å²) in [5.74, 6) is 1.33. The van der Waals surface area contributed by atoms with E-state index in [-0.39, 0.29) is 0 Å². The Kier molecular flexibility index (Phi) is 3.52. The Balaban J connectivity index is 1.93. The van der Waals surface area contributed by atoms with Crippen LogP contribution in [0.15, 0.2) is 18.3 Å². The molecular weight excluding hydrogens is 214 g/mol. The molecule has 0 amide bonds. The van der Waals surface area contributed by atoms with E-state index in [0.717, 1.165) is 25.1 Å². The highest BCUT2D eigenvalue weighted by molar-refractivity contribution is 5.48. The van der Waals surface area contributed by atoms with E-state index in [1.165, 1.54) is 6.42 Å². The summed E-state index contributed by atoms with van der Waals surface area (Å²) in [6, 6.07) is 3.54. The van der Waals surface area contributed by atoms with Crippen molar-refractivity contribution < 1.29 is 5.11 Å². The van der Waals surface area contributed by atoms with Crippen LogP contribution in [0, 0.1) is 5.92 Å². The molecule has 4 N–H and O–H groups in total. The minimum absolute atomic E-state index is 0.549. The van der Waals surface area contributed by atoms with Gasteiger partial charge in [-0.15, -0.1) is 0 Å². The fourth-order valence-electron chi connectivity index (χ4n) is 2.59. The molecule has 0 saturated heterocycles.